The van der Waals surface area contributed by atoms with Crippen molar-refractivity contribution in [3.05, 3.63) is 46.3 Å². The van der Waals surface area contributed by atoms with Gasteiger partial charge in [0.25, 0.3) is 5.69 Å². The van der Waals surface area contributed by atoms with Gasteiger partial charge >= 0.3 is 6.09 Å². The second kappa shape index (κ2) is 7.62. The van der Waals surface area contributed by atoms with Gasteiger partial charge in [0.15, 0.2) is 0 Å². The highest BCUT2D eigenvalue weighted by molar-refractivity contribution is 5.94. The summed E-state index contributed by atoms with van der Waals surface area (Å²) in [6.45, 7) is 5.73. The number of nitro groups is 1. The Labute approximate surface area is 145 Å². The van der Waals surface area contributed by atoms with Gasteiger partial charge in [0.1, 0.15) is 5.60 Å². The van der Waals surface area contributed by atoms with Gasteiger partial charge in [-0.2, -0.15) is 0 Å². The standard InChI is InChI=1S/C18H19N3O4/c1-18(2,3)25-17(22)20-10-5-4-6-13-7-8-16(21(23)24)15-12-19-11-9-14(13)15/h7-9,11-12H,5,10H2,1-3H3,(H,20,22). The molecule has 1 N–H and O–H groups in total. The molecule has 2 rings (SSSR count). The number of hydrogen-bond donors (Lipinski definition) is 1. The Hall–Kier alpha value is -3.14. The van der Waals surface area contributed by atoms with Crippen LogP contribution < -0.4 is 5.32 Å². The minimum Gasteiger partial charge on any atom is -0.444 e. The van der Waals surface area contributed by atoms with Crippen LogP contribution in [-0.4, -0.2) is 28.1 Å². The molecule has 1 heterocycles. The summed E-state index contributed by atoms with van der Waals surface area (Å²) in [5.41, 5.74) is 0.141. The summed E-state index contributed by atoms with van der Waals surface area (Å²) >= 11 is 0. The number of pyridine rings is 1. The number of nitrogens with one attached hydrogen (secondary N) is 1. The molecule has 7 nitrogen and oxygen atoms in total. The first-order valence-electron chi connectivity index (χ1n) is 7.75. The average Bonchev–Trinajstić information content (AvgIpc) is 2.52. The highest BCUT2D eigenvalue weighted by Crippen LogP contribution is 2.26. The molecule has 0 saturated carbocycles. The molecule has 25 heavy (non-hydrogen) atoms. The second-order valence-electron chi connectivity index (χ2n) is 6.29. The van der Waals surface area contributed by atoms with E-state index < -0.39 is 16.6 Å². The topological polar surface area (TPSA) is 94.4 Å². The van der Waals surface area contributed by atoms with Crippen molar-refractivity contribution >= 4 is 22.6 Å². The Balaban J connectivity index is 2.05. The zero-order chi connectivity index (χ0) is 18.4. The maximum absolute atomic E-state index is 11.5. The summed E-state index contributed by atoms with van der Waals surface area (Å²) in [5.74, 6) is 5.93. The van der Waals surface area contributed by atoms with Gasteiger partial charge in [-0.3, -0.25) is 15.1 Å². The molecule has 0 fully saturated rings. The number of carbonyl (C=O) groups is 1. The number of carbonyl (C=O) groups excluding carboxylic acids is 1. The quantitative estimate of drug-likeness (QED) is 0.399. The van der Waals surface area contributed by atoms with Crippen molar-refractivity contribution < 1.29 is 14.5 Å². The average molecular weight is 341 g/mol. The third-order valence-corrected chi connectivity index (χ3v) is 3.13. The Kier molecular flexibility index (Phi) is 5.55. The monoisotopic (exact) mass is 341 g/mol. The number of nitro benzene ring substituents is 1. The third-order valence-electron chi connectivity index (χ3n) is 3.13. The smallest absolute Gasteiger partial charge is 0.407 e. The van der Waals surface area contributed by atoms with E-state index in [0.717, 1.165) is 0 Å². The molecule has 1 aromatic heterocycles. The molecule has 7 heteroatoms. The van der Waals surface area contributed by atoms with E-state index in [-0.39, 0.29) is 5.69 Å². The summed E-state index contributed by atoms with van der Waals surface area (Å²) in [6.07, 6.45) is 2.98. The van der Waals surface area contributed by atoms with Crippen molar-refractivity contribution in [1.29, 1.82) is 0 Å². The molecule has 0 aliphatic carbocycles. The maximum Gasteiger partial charge on any atom is 0.407 e. The van der Waals surface area contributed by atoms with Crippen LogP contribution in [-0.2, 0) is 4.74 Å². The molecule has 1 aromatic carbocycles. The molecule has 0 atom stereocenters. The van der Waals surface area contributed by atoms with E-state index in [2.05, 4.69) is 22.1 Å². The number of ether oxygens (including phenoxy) is 1. The zero-order valence-electron chi connectivity index (χ0n) is 14.3. The molecule has 0 spiro atoms. The summed E-state index contributed by atoms with van der Waals surface area (Å²) in [5, 5.41) is 14.8. The molecule has 2 aromatic rings. The van der Waals surface area contributed by atoms with Gasteiger partial charge < -0.3 is 10.1 Å². The van der Waals surface area contributed by atoms with Crippen LogP contribution in [0.2, 0.25) is 0 Å². The van der Waals surface area contributed by atoms with Crippen LogP contribution in [0.3, 0.4) is 0 Å². The third kappa shape index (κ3) is 5.18. The SMILES string of the molecule is CC(C)(C)OC(=O)NCCC#Cc1ccc([N+](=O)[O-])c2cnccc12. The lowest BCUT2D eigenvalue weighted by molar-refractivity contribution is -0.383. The van der Waals surface area contributed by atoms with Crippen molar-refractivity contribution in [2.45, 2.75) is 32.8 Å². The lowest BCUT2D eigenvalue weighted by Gasteiger charge is -2.19. The maximum atomic E-state index is 11.5. The van der Waals surface area contributed by atoms with E-state index in [1.165, 1.54) is 12.3 Å². The highest BCUT2D eigenvalue weighted by atomic mass is 16.6. The molecule has 0 saturated heterocycles. The molecular weight excluding hydrogens is 322 g/mol. The van der Waals surface area contributed by atoms with Crippen LogP contribution in [0.1, 0.15) is 32.8 Å². The van der Waals surface area contributed by atoms with Crippen LogP contribution in [0.25, 0.3) is 10.8 Å². The Morgan fingerprint density at radius 2 is 2.08 bits per heavy atom. The molecule has 1 amide bonds. The number of rotatable bonds is 3. The van der Waals surface area contributed by atoms with E-state index in [4.69, 9.17) is 4.74 Å². The van der Waals surface area contributed by atoms with Crippen LogP contribution >= 0.6 is 0 Å². The molecule has 0 unspecified atom stereocenters. The second-order valence-corrected chi connectivity index (χ2v) is 6.29. The number of aromatic nitrogens is 1. The van der Waals surface area contributed by atoms with Crippen molar-refractivity contribution in [1.82, 2.24) is 10.3 Å². The number of non-ortho nitro benzene ring substituents is 1. The highest BCUT2D eigenvalue weighted by Gasteiger charge is 2.15. The van der Waals surface area contributed by atoms with Gasteiger partial charge in [0, 0.05) is 42.4 Å². The van der Waals surface area contributed by atoms with Gasteiger partial charge in [-0.25, -0.2) is 4.79 Å². The van der Waals surface area contributed by atoms with Gasteiger partial charge in [-0.1, -0.05) is 11.8 Å². The summed E-state index contributed by atoms with van der Waals surface area (Å²) in [6, 6.07) is 4.74. The summed E-state index contributed by atoms with van der Waals surface area (Å²) in [7, 11) is 0. The molecular formula is C18H19N3O4. The first-order chi connectivity index (χ1) is 11.8. The van der Waals surface area contributed by atoms with Crippen molar-refractivity contribution in [2.75, 3.05) is 6.54 Å². The van der Waals surface area contributed by atoms with Crippen LogP contribution in [0, 0.1) is 22.0 Å². The van der Waals surface area contributed by atoms with Crippen molar-refractivity contribution in [2.24, 2.45) is 0 Å². The number of fused-ring (bicyclic) bond motifs is 1. The normalized spacial score (nSPS) is 10.7. The lowest BCUT2D eigenvalue weighted by atomic mass is 10.1. The van der Waals surface area contributed by atoms with E-state index >= 15 is 0 Å². The van der Waals surface area contributed by atoms with Gasteiger partial charge in [0.05, 0.1) is 10.3 Å². The Bertz CT molecular complexity index is 860. The van der Waals surface area contributed by atoms with Crippen LogP contribution in [0.15, 0.2) is 30.6 Å². The van der Waals surface area contributed by atoms with E-state index in [1.54, 1.807) is 39.1 Å². The Morgan fingerprint density at radius 3 is 2.76 bits per heavy atom. The van der Waals surface area contributed by atoms with Crippen molar-refractivity contribution in [3.63, 3.8) is 0 Å². The molecule has 0 aliphatic heterocycles. The number of nitrogens with zero attached hydrogens (tertiary/aromatic N) is 2. The number of amides is 1. The summed E-state index contributed by atoms with van der Waals surface area (Å²) < 4.78 is 5.13. The molecule has 0 aliphatic rings. The number of alkyl carbamates (subject to hydrolysis) is 1. The lowest BCUT2D eigenvalue weighted by Crippen LogP contribution is -2.32. The fourth-order valence-corrected chi connectivity index (χ4v) is 2.14. The largest absolute Gasteiger partial charge is 0.444 e. The predicted octanol–water partition coefficient (Wildman–Crippen LogP) is 3.41. The minimum atomic E-state index is -0.540. The first kappa shape index (κ1) is 18.2. The first-order valence-corrected chi connectivity index (χ1v) is 7.75. The van der Waals surface area contributed by atoms with E-state index in [1.807, 2.05) is 0 Å². The molecule has 0 bridgehead atoms. The fourth-order valence-electron chi connectivity index (χ4n) is 2.14. The van der Waals surface area contributed by atoms with Crippen LogP contribution in [0.5, 0.6) is 0 Å². The van der Waals surface area contributed by atoms with Crippen LogP contribution in [0.4, 0.5) is 10.5 Å². The van der Waals surface area contributed by atoms with E-state index in [9.17, 15) is 14.9 Å². The molecule has 130 valence electrons. The zero-order valence-corrected chi connectivity index (χ0v) is 14.3. The predicted molar refractivity (Wildman–Crippen MR) is 94.1 cm³/mol. The van der Waals surface area contributed by atoms with Gasteiger partial charge in [0.2, 0.25) is 0 Å². The number of benzene rings is 1. The van der Waals surface area contributed by atoms with Crippen molar-refractivity contribution in [3.8, 4) is 11.8 Å². The number of hydrogen-bond acceptors (Lipinski definition) is 5. The van der Waals surface area contributed by atoms with Gasteiger partial charge in [-0.05, 0) is 32.9 Å². The van der Waals surface area contributed by atoms with E-state index in [0.29, 0.717) is 29.3 Å². The van der Waals surface area contributed by atoms with Gasteiger partial charge in [-0.15, -0.1) is 0 Å². The minimum absolute atomic E-state index is 0.000224. The summed E-state index contributed by atoms with van der Waals surface area (Å²) in [4.78, 5) is 26.1. The fraction of sp³-hybridized carbons (Fsp3) is 0.333. The Morgan fingerprint density at radius 1 is 1.32 bits per heavy atom. The molecule has 0 radical (unpaired) electrons.